The smallest absolute Gasteiger partial charge is 0.120 e. The third-order valence-electron chi connectivity index (χ3n) is 2.47. The minimum absolute atomic E-state index is 0.394. The summed E-state index contributed by atoms with van der Waals surface area (Å²) in [5.74, 6) is 0.753. The molecule has 1 heterocycles. The van der Waals surface area contributed by atoms with Crippen LogP contribution < -0.4 is 10.5 Å². The van der Waals surface area contributed by atoms with Gasteiger partial charge in [-0.05, 0) is 24.6 Å². The molecule has 0 saturated heterocycles. The molecule has 2 rings (SSSR count). The molecule has 0 spiro atoms. The number of nitriles is 1. The van der Waals surface area contributed by atoms with Crippen molar-refractivity contribution in [3.63, 3.8) is 0 Å². The number of pyridine rings is 1. The fourth-order valence-corrected chi connectivity index (χ4v) is 1.59. The van der Waals surface area contributed by atoms with Gasteiger partial charge >= 0.3 is 0 Å². The van der Waals surface area contributed by atoms with Crippen molar-refractivity contribution in [1.82, 2.24) is 4.98 Å². The van der Waals surface area contributed by atoms with E-state index in [4.69, 9.17) is 15.7 Å². The van der Waals surface area contributed by atoms with Gasteiger partial charge in [-0.15, -0.1) is 0 Å². The van der Waals surface area contributed by atoms with Crippen LogP contribution in [0.5, 0.6) is 5.75 Å². The van der Waals surface area contributed by atoms with E-state index in [9.17, 15) is 0 Å². The highest BCUT2D eigenvalue weighted by molar-refractivity contribution is 5.93. The van der Waals surface area contributed by atoms with Gasteiger partial charge in [-0.1, -0.05) is 6.92 Å². The molecule has 4 nitrogen and oxygen atoms in total. The maximum atomic E-state index is 8.89. The molecule has 0 aliphatic heterocycles. The summed E-state index contributed by atoms with van der Waals surface area (Å²) in [7, 11) is 0. The molecule has 0 bridgehead atoms. The van der Waals surface area contributed by atoms with Gasteiger partial charge in [0, 0.05) is 11.6 Å². The molecule has 4 heteroatoms. The Morgan fingerprint density at radius 3 is 3.00 bits per heavy atom. The number of anilines is 1. The molecular weight excluding hydrogens is 214 g/mol. The highest BCUT2D eigenvalue weighted by Gasteiger charge is 2.06. The standard InChI is InChI=1S/C13H13N3O/c1-2-5-17-10-3-4-12-11(6-10)13(15)9(7-14)8-16-12/h3-4,6,8H,2,5H2,1H3,(H2,15,16). The maximum Gasteiger partial charge on any atom is 0.120 e. The molecule has 86 valence electrons. The van der Waals surface area contributed by atoms with Crippen LogP contribution in [-0.4, -0.2) is 11.6 Å². The van der Waals surface area contributed by atoms with Crippen molar-refractivity contribution in [3.8, 4) is 11.8 Å². The van der Waals surface area contributed by atoms with Crippen molar-refractivity contribution in [2.24, 2.45) is 0 Å². The summed E-state index contributed by atoms with van der Waals surface area (Å²) in [5, 5.41) is 9.65. The van der Waals surface area contributed by atoms with Gasteiger partial charge in [-0.2, -0.15) is 5.26 Å². The van der Waals surface area contributed by atoms with Crippen molar-refractivity contribution in [1.29, 1.82) is 5.26 Å². The van der Waals surface area contributed by atoms with E-state index in [0.29, 0.717) is 17.9 Å². The number of fused-ring (bicyclic) bond motifs is 1. The van der Waals surface area contributed by atoms with E-state index in [1.807, 2.05) is 31.2 Å². The second-order valence-electron chi connectivity index (χ2n) is 3.72. The van der Waals surface area contributed by atoms with Crippen LogP contribution in [0.4, 0.5) is 5.69 Å². The average Bonchev–Trinajstić information content (AvgIpc) is 2.37. The lowest BCUT2D eigenvalue weighted by molar-refractivity contribution is 0.318. The molecule has 0 aliphatic rings. The highest BCUT2D eigenvalue weighted by Crippen LogP contribution is 2.26. The van der Waals surface area contributed by atoms with Crippen molar-refractivity contribution < 1.29 is 4.74 Å². The predicted molar refractivity (Wildman–Crippen MR) is 66.7 cm³/mol. The summed E-state index contributed by atoms with van der Waals surface area (Å²) < 4.78 is 5.53. The highest BCUT2D eigenvalue weighted by atomic mass is 16.5. The van der Waals surface area contributed by atoms with Gasteiger partial charge in [0.2, 0.25) is 0 Å². The third kappa shape index (κ3) is 2.13. The Labute approximate surface area is 99.6 Å². The number of hydrogen-bond acceptors (Lipinski definition) is 4. The van der Waals surface area contributed by atoms with Gasteiger partial charge in [0.25, 0.3) is 0 Å². The Morgan fingerprint density at radius 1 is 1.47 bits per heavy atom. The summed E-state index contributed by atoms with van der Waals surface area (Å²) >= 11 is 0. The molecule has 2 N–H and O–H groups in total. The van der Waals surface area contributed by atoms with E-state index in [-0.39, 0.29) is 0 Å². The zero-order valence-electron chi connectivity index (χ0n) is 9.60. The van der Waals surface area contributed by atoms with Gasteiger partial charge < -0.3 is 10.5 Å². The Balaban J connectivity index is 2.51. The van der Waals surface area contributed by atoms with Crippen LogP contribution in [0.25, 0.3) is 10.9 Å². The molecule has 0 atom stereocenters. The first-order chi connectivity index (χ1) is 8.26. The Bertz CT molecular complexity index is 587. The number of hydrogen-bond donors (Lipinski definition) is 1. The number of benzene rings is 1. The molecule has 0 fully saturated rings. The number of nitrogen functional groups attached to an aromatic ring is 1. The maximum absolute atomic E-state index is 8.89. The first-order valence-corrected chi connectivity index (χ1v) is 5.47. The SMILES string of the molecule is CCCOc1ccc2ncc(C#N)c(N)c2c1. The normalized spacial score (nSPS) is 10.1. The van der Waals surface area contributed by atoms with E-state index in [1.54, 1.807) is 0 Å². The molecule has 1 aromatic heterocycles. The Morgan fingerprint density at radius 2 is 2.29 bits per heavy atom. The molecule has 0 aliphatic carbocycles. The summed E-state index contributed by atoms with van der Waals surface area (Å²) in [6.45, 7) is 2.71. The average molecular weight is 227 g/mol. The zero-order valence-corrected chi connectivity index (χ0v) is 9.60. The second kappa shape index (κ2) is 4.71. The number of nitrogens with zero attached hydrogens (tertiary/aromatic N) is 2. The lowest BCUT2D eigenvalue weighted by Crippen LogP contribution is -1.97. The van der Waals surface area contributed by atoms with Gasteiger partial charge in [0.1, 0.15) is 11.8 Å². The van der Waals surface area contributed by atoms with Crippen LogP contribution in [0.3, 0.4) is 0 Å². The monoisotopic (exact) mass is 227 g/mol. The van der Waals surface area contributed by atoms with Crippen LogP contribution in [0.15, 0.2) is 24.4 Å². The van der Waals surface area contributed by atoms with E-state index < -0.39 is 0 Å². The van der Waals surface area contributed by atoms with Crippen molar-refractivity contribution in [3.05, 3.63) is 30.0 Å². The molecule has 0 unspecified atom stereocenters. The molecule has 2 aromatic rings. The molecule has 0 radical (unpaired) electrons. The quantitative estimate of drug-likeness (QED) is 0.874. The van der Waals surface area contributed by atoms with Crippen molar-refractivity contribution in [2.45, 2.75) is 13.3 Å². The van der Waals surface area contributed by atoms with Crippen LogP contribution in [-0.2, 0) is 0 Å². The number of nitrogens with two attached hydrogens (primary N) is 1. The van der Waals surface area contributed by atoms with Gasteiger partial charge in [0.05, 0.1) is 23.4 Å². The summed E-state index contributed by atoms with van der Waals surface area (Å²) in [6.07, 6.45) is 2.44. The fraction of sp³-hybridized carbons (Fsp3) is 0.231. The van der Waals surface area contributed by atoms with Gasteiger partial charge in [-0.3, -0.25) is 4.98 Å². The first-order valence-electron chi connectivity index (χ1n) is 5.47. The third-order valence-corrected chi connectivity index (χ3v) is 2.47. The van der Waals surface area contributed by atoms with Gasteiger partial charge in [-0.25, -0.2) is 0 Å². The summed E-state index contributed by atoms with van der Waals surface area (Å²) in [4.78, 5) is 4.18. The van der Waals surface area contributed by atoms with Gasteiger partial charge in [0.15, 0.2) is 0 Å². The lowest BCUT2D eigenvalue weighted by atomic mass is 10.1. The molecule has 0 amide bonds. The van der Waals surface area contributed by atoms with Crippen molar-refractivity contribution >= 4 is 16.6 Å². The van der Waals surface area contributed by atoms with E-state index in [0.717, 1.165) is 23.1 Å². The Hall–Kier alpha value is -2.28. The largest absolute Gasteiger partial charge is 0.494 e. The van der Waals surface area contributed by atoms with Crippen molar-refractivity contribution in [2.75, 3.05) is 12.3 Å². The fourth-order valence-electron chi connectivity index (χ4n) is 1.59. The minimum Gasteiger partial charge on any atom is -0.494 e. The van der Waals surface area contributed by atoms with E-state index in [1.165, 1.54) is 6.20 Å². The molecule has 1 aromatic carbocycles. The summed E-state index contributed by atoms with van der Waals surface area (Å²) in [6, 6.07) is 7.55. The molecular formula is C13H13N3O. The van der Waals surface area contributed by atoms with Crippen LogP contribution in [0.1, 0.15) is 18.9 Å². The predicted octanol–water partition coefficient (Wildman–Crippen LogP) is 2.48. The molecule has 17 heavy (non-hydrogen) atoms. The molecule has 0 saturated carbocycles. The van der Waals surface area contributed by atoms with Crippen LogP contribution >= 0.6 is 0 Å². The van der Waals surface area contributed by atoms with Crippen LogP contribution in [0.2, 0.25) is 0 Å². The van der Waals surface area contributed by atoms with Crippen LogP contribution in [0, 0.1) is 11.3 Å². The number of aromatic nitrogens is 1. The number of rotatable bonds is 3. The van der Waals surface area contributed by atoms with E-state index in [2.05, 4.69) is 4.98 Å². The minimum atomic E-state index is 0.394. The summed E-state index contributed by atoms with van der Waals surface area (Å²) in [5.41, 5.74) is 7.53. The second-order valence-corrected chi connectivity index (χ2v) is 3.72. The zero-order chi connectivity index (χ0) is 12.3. The van der Waals surface area contributed by atoms with E-state index >= 15 is 0 Å². The topological polar surface area (TPSA) is 71.9 Å². The lowest BCUT2D eigenvalue weighted by Gasteiger charge is -2.07. The Kier molecular flexibility index (Phi) is 3.10. The number of ether oxygens (including phenoxy) is 1. The first kappa shape index (κ1) is 11.2.